The average molecular weight is 420 g/mol. The lowest BCUT2D eigenvalue weighted by atomic mass is 10.1. The average Bonchev–Trinajstić information content (AvgIpc) is 3.18. The Balaban J connectivity index is 1.35. The summed E-state index contributed by atoms with van der Waals surface area (Å²) in [6, 6.07) is 19.7. The van der Waals surface area contributed by atoms with Crippen molar-refractivity contribution in [3.05, 3.63) is 89.2 Å². The van der Waals surface area contributed by atoms with Crippen LogP contribution in [0.4, 0.5) is 5.69 Å². The third-order valence-corrected chi connectivity index (χ3v) is 4.62. The molecule has 0 saturated carbocycles. The van der Waals surface area contributed by atoms with Crippen molar-refractivity contribution in [2.75, 3.05) is 5.32 Å². The summed E-state index contributed by atoms with van der Waals surface area (Å²) < 4.78 is 7.36. The number of aromatic nitrogens is 4. The van der Waals surface area contributed by atoms with Crippen LogP contribution in [0.2, 0.25) is 5.02 Å². The van der Waals surface area contributed by atoms with Gasteiger partial charge in [-0.05, 0) is 55.0 Å². The van der Waals surface area contributed by atoms with Crippen LogP contribution in [-0.4, -0.2) is 25.9 Å². The van der Waals surface area contributed by atoms with E-state index in [1.54, 1.807) is 47.1 Å². The predicted molar refractivity (Wildman–Crippen MR) is 114 cm³/mol. The van der Waals surface area contributed by atoms with Gasteiger partial charge >= 0.3 is 0 Å². The van der Waals surface area contributed by atoms with Gasteiger partial charge in [-0.3, -0.25) is 4.79 Å². The molecule has 2 aromatic carbocycles. The number of ether oxygens (including phenoxy) is 1. The fourth-order valence-corrected chi connectivity index (χ4v) is 2.98. The molecule has 0 aliphatic carbocycles. The van der Waals surface area contributed by atoms with Gasteiger partial charge in [0.2, 0.25) is 11.8 Å². The number of aryl methyl sites for hydroxylation is 1. The fourth-order valence-electron chi connectivity index (χ4n) is 2.78. The van der Waals surface area contributed by atoms with Crippen LogP contribution >= 0.6 is 11.6 Å². The smallest absolute Gasteiger partial charge is 0.238 e. The Kier molecular flexibility index (Phi) is 5.72. The number of rotatable bonds is 6. The van der Waals surface area contributed by atoms with Crippen molar-refractivity contribution >= 4 is 23.2 Å². The lowest BCUT2D eigenvalue weighted by molar-refractivity contribution is -0.115. The lowest BCUT2D eigenvalue weighted by Crippen LogP contribution is -2.14. The molecule has 0 unspecified atom stereocenters. The summed E-state index contributed by atoms with van der Waals surface area (Å²) in [6.07, 6.45) is 2.02. The molecule has 0 aliphatic heterocycles. The van der Waals surface area contributed by atoms with E-state index < -0.39 is 0 Å². The first-order valence-electron chi connectivity index (χ1n) is 9.24. The molecule has 0 fully saturated rings. The zero-order chi connectivity index (χ0) is 20.9. The highest BCUT2D eigenvalue weighted by atomic mass is 35.5. The summed E-state index contributed by atoms with van der Waals surface area (Å²) in [7, 11) is 0. The number of benzene rings is 2. The second-order valence-electron chi connectivity index (χ2n) is 6.57. The van der Waals surface area contributed by atoms with Gasteiger partial charge in [-0.2, -0.15) is 5.10 Å². The fraction of sp³-hybridized carbons (Fsp3) is 0.0909. The van der Waals surface area contributed by atoms with Crippen molar-refractivity contribution in [2.24, 2.45) is 0 Å². The molecule has 0 radical (unpaired) electrons. The van der Waals surface area contributed by atoms with Crippen molar-refractivity contribution in [1.29, 1.82) is 0 Å². The Morgan fingerprint density at radius 3 is 2.50 bits per heavy atom. The molecule has 0 spiro atoms. The second kappa shape index (κ2) is 8.75. The van der Waals surface area contributed by atoms with E-state index in [0.717, 1.165) is 11.3 Å². The molecule has 4 aromatic rings. The minimum Gasteiger partial charge on any atom is -0.438 e. The quantitative estimate of drug-likeness (QED) is 0.494. The Labute approximate surface area is 178 Å². The summed E-state index contributed by atoms with van der Waals surface area (Å²) in [4.78, 5) is 12.2. The van der Waals surface area contributed by atoms with E-state index in [9.17, 15) is 4.79 Å². The maximum atomic E-state index is 12.2. The van der Waals surface area contributed by atoms with Gasteiger partial charge in [-0.25, -0.2) is 4.68 Å². The SMILES string of the molecule is Cc1ccn(-c2ccc(Oc3ccc(NC(=O)Cc4ccccc4Cl)cc3)nn2)n1. The minimum absolute atomic E-state index is 0.146. The number of nitrogens with one attached hydrogen (secondary N) is 1. The Morgan fingerprint density at radius 2 is 1.83 bits per heavy atom. The van der Waals surface area contributed by atoms with Crippen molar-refractivity contribution in [2.45, 2.75) is 13.3 Å². The number of hydrogen-bond donors (Lipinski definition) is 1. The summed E-state index contributed by atoms with van der Waals surface area (Å²) in [5.74, 6) is 1.40. The molecule has 0 saturated heterocycles. The van der Waals surface area contributed by atoms with E-state index >= 15 is 0 Å². The zero-order valence-corrected chi connectivity index (χ0v) is 16.9. The maximum absolute atomic E-state index is 12.2. The highest BCUT2D eigenvalue weighted by molar-refractivity contribution is 6.31. The molecule has 8 heteroatoms. The summed E-state index contributed by atoms with van der Waals surface area (Å²) in [5, 5.41) is 15.9. The van der Waals surface area contributed by atoms with Gasteiger partial charge in [0.05, 0.1) is 12.1 Å². The van der Waals surface area contributed by atoms with Crippen LogP contribution in [0.15, 0.2) is 72.9 Å². The largest absolute Gasteiger partial charge is 0.438 e. The number of carbonyl (C=O) groups is 1. The monoisotopic (exact) mass is 419 g/mol. The lowest BCUT2D eigenvalue weighted by Gasteiger charge is -2.08. The summed E-state index contributed by atoms with van der Waals surface area (Å²) >= 11 is 6.10. The van der Waals surface area contributed by atoms with Gasteiger partial charge in [0.1, 0.15) is 5.75 Å². The molecule has 0 aliphatic rings. The van der Waals surface area contributed by atoms with E-state index in [2.05, 4.69) is 20.6 Å². The minimum atomic E-state index is -0.146. The van der Waals surface area contributed by atoms with E-state index in [0.29, 0.717) is 28.2 Å². The van der Waals surface area contributed by atoms with Gasteiger partial charge in [-0.15, -0.1) is 10.2 Å². The normalized spacial score (nSPS) is 10.6. The first-order chi connectivity index (χ1) is 14.6. The highest BCUT2D eigenvalue weighted by Gasteiger charge is 2.08. The standard InChI is InChI=1S/C22H18ClN5O2/c1-15-12-13-28(27-15)20-10-11-22(26-25-20)30-18-8-6-17(7-9-18)24-21(29)14-16-4-2-3-5-19(16)23/h2-13H,14H2,1H3,(H,24,29). The van der Waals surface area contributed by atoms with Crippen LogP contribution in [0.5, 0.6) is 11.6 Å². The molecule has 0 bridgehead atoms. The predicted octanol–water partition coefficient (Wildman–Crippen LogP) is 4.60. The number of nitrogens with zero attached hydrogens (tertiary/aromatic N) is 4. The van der Waals surface area contributed by atoms with Crippen LogP contribution in [0.1, 0.15) is 11.3 Å². The Hall–Kier alpha value is -3.71. The third-order valence-electron chi connectivity index (χ3n) is 4.25. The molecule has 1 N–H and O–H groups in total. The number of hydrogen-bond acceptors (Lipinski definition) is 5. The topological polar surface area (TPSA) is 81.9 Å². The zero-order valence-electron chi connectivity index (χ0n) is 16.1. The summed E-state index contributed by atoms with van der Waals surface area (Å²) in [6.45, 7) is 1.91. The number of anilines is 1. The number of amides is 1. The molecule has 4 rings (SSSR count). The van der Waals surface area contributed by atoms with Crippen LogP contribution < -0.4 is 10.1 Å². The van der Waals surface area contributed by atoms with Crippen molar-refractivity contribution in [3.8, 4) is 17.4 Å². The molecule has 1 amide bonds. The van der Waals surface area contributed by atoms with Crippen LogP contribution in [0.25, 0.3) is 5.82 Å². The molecule has 2 aromatic heterocycles. The van der Waals surface area contributed by atoms with Gasteiger partial charge in [-0.1, -0.05) is 29.8 Å². The van der Waals surface area contributed by atoms with Crippen LogP contribution in [0, 0.1) is 6.92 Å². The Morgan fingerprint density at radius 1 is 1.03 bits per heavy atom. The molecule has 7 nitrogen and oxygen atoms in total. The number of halogens is 1. The highest BCUT2D eigenvalue weighted by Crippen LogP contribution is 2.22. The second-order valence-corrected chi connectivity index (χ2v) is 6.98. The van der Waals surface area contributed by atoms with Crippen molar-refractivity contribution < 1.29 is 9.53 Å². The van der Waals surface area contributed by atoms with Gasteiger partial charge in [0, 0.05) is 23.0 Å². The van der Waals surface area contributed by atoms with E-state index in [1.165, 1.54) is 0 Å². The van der Waals surface area contributed by atoms with Crippen LogP contribution in [-0.2, 0) is 11.2 Å². The first kappa shape index (κ1) is 19.6. The first-order valence-corrected chi connectivity index (χ1v) is 9.62. The Bertz CT molecular complexity index is 1160. The summed E-state index contributed by atoms with van der Waals surface area (Å²) in [5.41, 5.74) is 2.34. The van der Waals surface area contributed by atoms with Crippen LogP contribution in [0.3, 0.4) is 0 Å². The van der Waals surface area contributed by atoms with E-state index in [-0.39, 0.29) is 12.3 Å². The molecule has 0 atom stereocenters. The molecular weight excluding hydrogens is 402 g/mol. The van der Waals surface area contributed by atoms with E-state index in [4.69, 9.17) is 16.3 Å². The van der Waals surface area contributed by atoms with Gasteiger partial charge < -0.3 is 10.1 Å². The molecular formula is C22H18ClN5O2. The number of carbonyl (C=O) groups excluding carboxylic acids is 1. The van der Waals surface area contributed by atoms with E-state index in [1.807, 2.05) is 37.4 Å². The van der Waals surface area contributed by atoms with Crippen molar-refractivity contribution in [3.63, 3.8) is 0 Å². The third kappa shape index (κ3) is 4.82. The maximum Gasteiger partial charge on any atom is 0.238 e. The van der Waals surface area contributed by atoms with Gasteiger partial charge in [0.15, 0.2) is 5.82 Å². The molecule has 2 heterocycles. The molecule has 150 valence electrons. The molecule has 30 heavy (non-hydrogen) atoms. The van der Waals surface area contributed by atoms with Gasteiger partial charge in [0.25, 0.3) is 0 Å². The van der Waals surface area contributed by atoms with Crippen molar-refractivity contribution in [1.82, 2.24) is 20.0 Å².